The quantitative estimate of drug-likeness (QED) is 0.617. The summed E-state index contributed by atoms with van der Waals surface area (Å²) in [5.41, 5.74) is 0.686. The average Bonchev–Trinajstić information content (AvgIpc) is 2.26. The summed E-state index contributed by atoms with van der Waals surface area (Å²) in [6, 6.07) is 5.34. The molecule has 1 rings (SSSR count). The Morgan fingerprint density at radius 1 is 1.53 bits per heavy atom. The first-order chi connectivity index (χ1) is 7.10. The number of ether oxygens (including phenoxy) is 1. The summed E-state index contributed by atoms with van der Waals surface area (Å²) in [4.78, 5) is 11.7. The molecular formula is C11H12Br2O2. The van der Waals surface area contributed by atoms with Gasteiger partial charge in [0.25, 0.3) is 0 Å². The number of hydrogen-bond acceptors (Lipinski definition) is 2. The van der Waals surface area contributed by atoms with Gasteiger partial charge in [0.2, 0.25) is 0 Å². The third-order valence-electron chi connectivity index (χ3n) is 2.08. The molecule has 0 aliphatic heterocycles. The van der Waals surface area contributed by atoms with E-state index in [1.54, 1.807) is 25.3 Å². The van der Waals surface area contributed by atoms with E-state index in [4.69, 9.17) is 4.74 Å². The van der Waals surface area contributed by atoms with E-state index in [1.807, 2.05) is 6.92 Å². The minimum Gasteiger partial charge on any atom is -0.496 e. The number of carbonyl (C=O) groups is 1. The minimum atomic E-state index is -0.113. The molecule has 1 atom stereocenters. The van der Waals surface area contributed by atoms with Crippen molar-refractivity contribution >= 4 is 37.6 Å². The van der Waals surface area contributed by atoms with E-state index in [1.165, 1.54) is 0 Å². The maximum absolute atomic E-state index is 11.8. The van der Waals surface area contributed by atoms with E-state index in [2.05, 4.69) is 31.9 Å². The van der Waals surface area contributed by atoms with Crippen LogP contribution in [-0.2, 0) is 0 Å². The van der Waals surface area contributed by atoms with Gasteiger partial charge in [0, 0.05) is 5.56 Å². The Labute approximate surface area is 106 Å². The number of rotatable bonds is 4. The lowest BCUT2D eigenvalue weighted by atomic mass is 10.1. The molecule has 0 saturated heterocycles. The molecular weight excluding hydrogens is 324 g/mol. The molecule has 4 heteroatoms. The number of methoxy groups -OCH3 is 1. The van der Waals surface area contributed by atoms with Gasteiger partial charge in [0.1, 0.15) is 5.75 Å². The summed E-state index contributed by atoms with van der Waals surface area (Å²) in [6.07, 6.45) is 0.780. The lowest BCUT2D eigenvalue weighted by molar-refractivity contribution is 0.0990. The number of alkyl halides is 1. The molecule has 0 saturated carbocycles. The van der Waals surface area contributed by atoms with Gasteiger partial charge in [-0.3, -0.25) is 4.79 Å². The molecule has 0 aromatic heterocycles. The first kappa shape index (κ1) is 12.7. The molecule has 0 amide bonds. The van der Waals surface area contributed by atoms with Crippen LogP contribution in [-0.4, -0.2) is 17.7 Å². The van der Waals surface area contributed by atoms with Crippen LogP contribution in [0.25, 0.3) is 0 Å². The van der Waals surface area contributed by atoms with Gasteiger partial charge in [-0.15, -0.1) is 0 Å². The topological polar surface area (TPSA) is 26.3 Å². The molecule has 15 heavy (non-hydrogen) atoms. The monoisotopic (exact) mass is 334 g/mol. The number of benzene rings is 1. The van der Waals surface area contributed by atoms with E-state index in [-0.39, 0.29) is 10.6 Å². The summed E-state index contributed by atoms with van der Waals surface area (Å²) >= 11 is 6.70. The van der Waals surface area contributed by atoms with Crippen LogP contribution in [0.2, 0.25) is 0 Å². The van der Waals surface area contributed by atoms with Crippen LogP contribution in [0.3, 0.4) is 0 Å². The zero-order chi connectivity index (χ0) is 11.4. The predicted molar refractivity (Wildman–Crippen MR) is 68.0 cm³/mol. The van der Waals surface area contributed by atoms with Crippen molar-refractivity contribution in [3.8, 4) is 5.75 Å². The van der Waals surface area contributed by atoms with E-state index >= 15 is 0 Å². The molecule has 82 valence electrons. The normalized spacial score (nSPS) is 12.3. The van der Waals surface area contributed by atoms with Gasteiger partial charge in [-0.25, -0.2) is 0 Å². The lowest BCUT2D eigenvalue weighted by Gasteiger charge is -2.08. The molecule has 0 unspecified atom stereocenters. The highest BCUT2D eigenvalue weighted by Crippen LogP contribution is 2.26. The van der Waals surface area contributed by atoms with Crippen molar-refractivity contribution in [2.75, 3.05) is 7.11 Å². The van der Waals surface area contributed by atoms with Crippen molar-refractivity contribution in [1.29, 1.82) is 0 Å². The third kappa shape index (κ3) is 3.05. The SMILES string of the molecule is CC[C@H](Br)C(=O)c1ccc(OC)c(Br)c1. The lowest BCUT2D eigenvalue weighted by Crippen LogP contribution is -2.12. The standard InChI is InChI=1S/C11H12Br2O2/c1-3-8(12)11(14)7-4-5-10(15-2)9(13)6-7/h4-6,8H,3H2,1-2H3/t8-/m0/s1. The second kappa shape index (κ2) is 5.66. The van der Waals surface area contributed by atoms with Crippen molar-refractivity contribution in [3.05, 3.63) is 28.2 Å². The highest BCUT2D eigenvalue weighted by atomic mass is 79.9. The van der Waals surface area contributed by atoms with Gasteiger partial charge in [0.15, 0.2) is 5.78 Å². The van der Waals surface area contributed by atoms with Crippen LogP contribution in [0.4, 0.5) is 0 Å². The van der Waals surface area contributed by atoms with Crippen LogP contribution < -0.4 is 4.74 Å². The minimum absolute atomic E-state index is 0.0980. The van der Waals surface area contributed by atoms with Crippen molar-refractivity contribution in [2.45, 2.75) is 18.2 Å². The fourth-order valence-electron chi connectivity index (χ4n) is 1.19. The van der Waals surface area contributed by atoms with Crippen LogP contribution in [0, 0.1) is 0 Å². The molecule has 0 spiro atoms. The van der Waals surface area contributed by atoms with Crippen molar-refractivity contribution in [2.24, 2.45) is 0 Å². The van der Waals surface area contributed by atoms with Crippen molar-refractivity contribution in [3.63, 3.8) is 0 Å². The molecule has 0 aliphatic rings. The summed E-state index contributed by atoms with van der Waals surface area (Å²) in [5.74, 6) is 0.829. The number of ketones is 1. The Bertz CT molecular complexity index is 364. The summed E-state index contributed by atoms with van der Waals surface area (Å²) in [5, 5.41) is 0. The first-order valence-corrected chi connectivity index (χ1v) is 6.32. The van der Waals surface area contributed by atoms with Crippen LogP contribution in [0.15, 0.2) is 22.7 Å². The van der Waals surface area contributed by atoms with Gasteiger partial charge >= 0.3 is 0 Å². The van der Waals surface area contributed by atoms with Crippen LogP contribution in [0.1, 0.15) is 23.7 Å². The van der Waals surface area contributed by atoms with Gasteiger partial charge < -0.3 is 4.74 Å². The maximum Gasteiger partial charge on any atom is 0.176 e. The van der Waals surface area contributed by atoms with Crippen LogP contribution in [0.5, 0.6) is 5.75 Å². The van der Waals surface area contributed by atoms with Crippen LogP contribution >= 0.6 is 31.9 Å². The second-order valence-corrected chi connectivity index (χ2v) is 5.05. The molecule has 1 aromatic rings. The van der Waals surface area contributed by atoms with Gasteiger partial charge in [-0.05, 0) is 40.5 Å². The number of hydrogen-bond donors (Lipinski definition) is 0. The Morgan fingerprint density at radius 2 is 2.20 bits per heavy atom. The fraction of sp³-hybridized carbons (Fsp3) is 0.364. The van der Waals surface area contributed by atoms with Gasteiger partial charge in [-0.2, -0.15) is 0 Å². The Kier molecular flexibility index (Phi) is 4.80. The van der Waals surface area contributed by atoms with E-state index in [0.717, 1.165) is 16.6 Å². The molecule has 0 N–H and O–H groups in total. The summed E-state index contributed by atoms with van der Waals surface area (Å²) in [7, 11) is 1.60. The van der Waals surface area contributed by atoms with E-state index < -0.39 is 0 Å². The Hall–Kier alpha value is -0.350. The van der Waals surface area contributed by atoms with E-state index in [9.17, 15) is 4.79 Å². The second-order valence-electron chi connectivity index (χ2n) is 3.09. The first-order valence-electron chi connectivity index (χ1n) is 4.62. The summed E-state index contributed by atoms with van der Waals surface area (Å²) < 4.78 is 5.89. The Balaban J connectivity index is 2.97. The molecule has 0 heterocycles. The van der Waals surface area contributed by atoms with E-state index in [0.29, 0.717) is 5.56 Å². The molecule has 0 bridgehead atoms. The molecule has 0 aliphatic carbocycles. The largest absolute Gasteiger partial charge is 0.496 e. The number of halogens is 2. The highest BCUT2D eigenvalue weighted by molar-refractivity contribution is 9.10. The van der Waals surface area contributed by atoms with Crippen molar-refractivity contribution in [1.82, 2.24) is 0 Å². The zero-order valence-corrected chi connectivity index (χ0v) is 11.8. The smallest absolute Gasteiger partial charge is 0.176 e. The van der Waals surface area contributed by atoms with Gasteiger partial charge in [-0.1, -0.05) is 22.9 Å². The number of Topliss-reactive ketones (excluding diaryl/α,β-unsaturated/α-hetero) is 1. The highest BCUT2D eigenvalue weighted by Gasteiger charge is 2.15. The average molecular weight is 336 g/mol. The molecule has 0 fully saturated rings. The van der Waals surface area contributed by atoms with Crippen molar-refractivity contribution < 1.29 is 9.53 Å². The maximum atomic E-state index is 11.8. The fourth-order valence-corrected chi connectivity index (χ4v) is 1.99. The predicted octanol–water partition coefficient (Wildman–Crippen LogP) is 3.81. The van der Waals surface area contributed by atoms with Gasteiger partial charge in [0.05, 0.1) is 16.4 Å². The molecule has 2 nitrogen and oxygen atoms in total. The zero-order valence-electron chi connectivity index (χ0n) is 8.59. The molecule has 1 aromatic carbocycles. The Morgan fingerprint density at radius 3 is 2.67 bits per heavy atom. The molecule has 0 radical (unpaired) electrons. The summed E-state index contributed by atoms with van der Waals surface area (Å²) in [6.45, 7) is 1.97. The third-order valence-corrected chi connectivity index (χ3v) is 3.76. The number of carbonyl (C=O) groups excluding carboxylic acids is 1.